The molecule has 0 bridgehead atoms. The Hall–Kier alpha value is -2.15. The van der Waals surface area contributed by atoms with Crippen molar-refractivity contribution in [1.82, 2.24) is 0 Å². The first-order chi connectivity index (χ1) is 9.99. The predicted octanol–water partition coefficient (Wildman–Crippen LogP) is 4.08. The van der Waals surface area contributed by atoms with Gasteiger partial charge in [0.1, 0.15) is 23.9 Å². The SMILES string of the molecule is COc1ccc([N+](=O)[O-])cc1COc1cc(F)cc(Br)c1. The second-order valence-electron chi connectivity index (χ2n) is 4.15. The molecule has 0 N–H and O–H groups in total. The van der Waals surface area contributed by atoms with Gasteiger partial charge in [0.15, 0.2) is 0 Å². The number of hydrogen-bond acceptors (Lipinski definition) is 4. The summed E-state index contributed by atoms with van der Waals surface area (Å²) in [6.07, 6.45) is 0. The molecule has 5 nitrogen and oxygen atoms in total. The number of nitro benzene ring substituents is 1. The molecule has 21 heavy (non-hydrogen) atoms. The quantitative estimate of drug-likeness (QED) is 0.598. The Bertz CT molecular complexity index is 658. The minimum atomic E-state index is -0.498. The molecule has 2 rings (SSSR count). The van der Waals surface area contributed by atoms with Crippen LogP contribution < -0.4 is 9.47 Å². The van der Waals surface area contributed by atoms with Crippen molar-refractivity contribution in [2.75, 3.05) is 7.11 Å². The van der Waals surface area contributed by atoms with Gasteiger partial charge in [-0.05, 0) is 18.2 Å². The van der Waals surface area contributed by atoms with E-state index in [4.69, 9.17) is 9.47 Å². The van der Waals surface area contributed by atoms with Crippen LogP contribution in [0.4, 0.5) is 10.1 Å². The third-order valence-corrected chi connectivity index (χ3v) is 3.16. The minimum absolute atomic E-state index is 0.0285. The van der Waals surface area contributed by atoms with E-state index in [0.717, 1.165) is 0 Å². The zero-order valence-corrected chi connectivity index (χ0v) is 12.6. The molecule has 0 spiro atoms. The number of rotatable bonds is 5. The van der Waals surface area contributed by atoms with E-state index in [1.54, 1.807) is 6.07 Å². The van der Waals surface area contributed by atoms with Crippen LogP contribution in [0.25, 0.3) is 0 Å². The fourth-order valence-corrected chi connectivity index (χ4v) is 2.21. The van der Waals surface area contributed by atoms with Crippen molar-refractivity contribution in [2.45, 2.75) is 6.61 Å². The van der Waals surface area contributed by atoms with Gasteiger partial charge in [0.25, 0.3) is 5.69 Å². The molecule has 0 aromatic heterocycles. The monoisotopic (exact) mass is 355 g/mol. The van der Waals surface area contributed by atoms with Crippen LogP contribution in [0.5, 0.6) is 11.5 Å². The summed E-state index contributed by atoms with van der Waals surface area (Å²) in [4.78, 5) is 10.3. The maximum Gasteiger partial charge on any atom is 0.270 e. The lowest BCUT2D eigenvalue weighted by molar-refractivity contribution is -0.385. The highest BCUT2D eigenvalue weighted by molar-refractivity contribution is 9.10. The summed E-state index contributed by atoms with van der Waals surface area (Å²) in [5.41, 5.74) is 0.446. The first-order valence-corrected chi connectivity index (χ1v) is 6.69. The number of nitro groups is 1. The predicted molar refractivity (Wildman–Crippen MR) is 78.1 cm³/mol. The standard InChI is InChI=1S/C14H11BrFNO4/c1-20-14-3-2-12(17(18)19)4-9(14)8-21-13-6-10(15)5-11(16)7-13/h2-7H,8H2,1H3. The fraction of sp³-hybridized carbons (Fsp3) is 0.143. The second-order valence-corrected chi connectivity index (χ2v) is 5.06. The number of nitrogens with zero attached hydrogens (tertiary/aromatic N) is 1. The topological polar surface area (TPSA) is 61.6 Å². The number of non-ortho nitro benzene ring substituents is 1. The third kappa shape index (κ3) is 3.91. The smallest absolute Gasteiger partial charge is 0.270 e. The molecule has 7 heteroatoms. The van der Waals surface area contributed by atoms with Gasteiger partial charge >= 0.3 is 0 Å². The van der Waals surface area contributed by atoms with Crippen LogP contribution in [0.15, 0.2) is 40.9 Å². The number of halogens is 2. The number of benzene rings is 2. The maximum absolute atomic E-state index is 13.2. The molecule has 0 heterocycles. The van der Waals surface area contributed by atoms with E-state index in [0.29, 0.717) is 21.5 Å². The van der Waals surface area contributed by atoms with Crippen LogP contribution >= 0.6 is 15.9 Å². The van der Waals surface area contributed by atoms with Crippen molar-refractivity contribution in [2.24, 2.45) is 0 Å². The van der Waals surface area contributed by atoms with Crippen LogP contribution in [0.2, 0.25) is 0 Å². The van der Waals surface area contributed by atoms with E-state index in [1.165, 1.54) is 37.4 Å². The normalized spacial score (nSPS) is 10.2. The first kappa shape index (κ1) is 15.2. The molecule has 0 unspecified atom stereocenters. The molecule has 0 radical (unpaired) electrons. The molecule has 2 aromatic carbocycles. The Morgan fingerprint density at radius 1 is 1.29 bits per heavy atom. The van der Waals surface area contributed by atoms with Gasteiger partial charge in [-0.3, -0.25) is 10.1 Å². The molecule has 0 saturated heterocycles. The van der Waals surface area contributed by atoms with E-state index in [2.05, 4.69) is 15.9 Å². The summed E-state index contributed by atoms with van der Waals surface area (Å²) in [7, 11) is 1.46. The Labute approximate surface area is 128 Å². The highest BCUT2D eigenvalue weighted by Gasteiger charge is 2.12. The molecular weight excluding hydrogens is 345 g/mol. The molecule has 0 atom stereocenters. The van der Waals surface area contributed by atoms with Gasteiger partial charge in [0.2, 0.25) is 0 Å². The molecule has 0 aliphatic carbocycles. The van der Waals surface area contributed by atoms with Gasteiger partial charge in [0.05, 0.1) is 12.0 Å². The lowest BCUT2D eigenvalue weighted by atomic mass is 10.2. The van der Waals surface area contributed by atoms with Crippen molar-refractivity contribution in [1.29, 1.82) is 0 Å². The molecule has 0 aliphatic rings. The van der Waals surface area contributed by atoms with Gasteiger partial charge in [-0.1, -0.05) is 15.9 Å². The molecule has 0 fully saturated rings. The molecule has 110 valence electrons. The maximum atomic E-state index is 13.2. The summed E-state index contributed by atoms with van der Waals surface area (Å²) >= 11 is 3.16. The van der Waals surface area contributed by atoms with E-state index < -0.39 is 10.7 Å². The second kappa shape index (κ2) is 6.53. The summed E-state index contributed by atoms with van der Waals surface area (Å²) in [5, 5.41) is 10.8. The summed E-state index contributed by atoms with van der Waals surface area (Å²) < 4.78 is 24.4. The molecule has 0 aliphatic heterocycles. The summed E-state index contributed by atoms with van der Waals surface area (Å²) in [5.74, 6) is 0.344. The van der Waals surface area contributed by atoms with E-state index in [9.17, 15) is 14.5 Å². The lowest BCUT2D eigenvalue weighted by Gasteiger charge is -2.10. The first-order valence-electron chi connectivity index (χ1n) is 5.90. The van der Waals surface area contributed by atoms with Gasteiger partial charge in [-0.25, -0.2) is 4.39 Å². The molecule has 0 saturated carbocycles. The minimum Gasteiger partial charge on any atom is -0.496 e. The van der Waals surface area contributed by atoms with Crippen molar-refractivity contribution in [3.8, 4) is 11.5 Å². The lowest BCUT2D eigenvalue weighted by Crippen LogP contribution is -2.00. The summed E-state index contributed by atoms with van der Waals surface area (Å²) in [6.45, 7) is 0.0285. The number of hydrogen-bond donors (Lipinski definition) is 0. The Morgan fingerprint density at radius 2 is 2.05 bits per heavy atom. The molecule has 0 amide bonds. The zero-order valence-electron chi connectivity index (χ0n) is 11.0. The van der Waals surface area contributed by atoms with Crippen LogP contribution in [0.1, 0.15) is 5.56 Å². The van der Waals surface area contributed by atoms with E-state index in [1.807, 2.05) is 0 Å². The van der Waals surface area contributed by atoms with Crippen LogP contribution in [-0.4, -0.2) is 12.0 Å². The van der Waals surface area contributed by atoms with Crippen molar-refractivity contribution in [3.05, 3.63) is 62.4 Å². The van der Waals surface area contributed by atoms with Crippen molar-refractivity contribution < 1.29 is 18.8 Å². The number of ether oxygens (including phenoxy) is 2. The Balaban J connectivity index is 2.21. The highest BCUT2D eigenvalue weighted by atomic mass is 79.9. The summed E-state index contributed by atoms with van der Waals surface area (Å²) in [6, 6.07) is 8.36. The Kier molecular flexibility index (Phi) is 4.74. The highest BCUT2D eigenvalue weighted by Crippen LogP contribution is 2.26. The Morgan fingerprint density at radius 3 is 2.67 bits per heavy atom. The average Bonchev–Trinajstić information content (AvgIpc) is 2.43. The van der Waals surface area contributed by atoms with Crippen LogP contribution in [-0.2, 0) is 6.61 Å². The van der Waals surface area contributed by atoms with E-state index in [-0.39, 0.29) is 12.3 Å². The van der Waals surface area contributed by atoms with Crippen LogP contribution in [0.3, 0.4) is 0 Å². The zero-order chi connectivity index (χ0) is 15.4. The largest absolute Gasteiger partial charge is 0.496 e. The van der Waals surface area contributed by atoms with Gasteiger partial charge in [0, 0.05) is 28.2 Å². The van der Waals surface area contributed by atoms with Gasteiger partial charge < -0.3 is 9.47 Å². The average molecular weight is 356 g/mol. The van der Waals surface area contributed by atoms with Gasteiger partial charge in [-0.2, -0.15) is 0 Å². The number of methoxy groups -OCH3 is 1. The van der Waals surface area contributed by atoms with Crippen molar-refractivity contribution >= 4 is 21.6 Å². The van der Waals surface area contributed by atoms with E-state index >= 15 is 0 Å². The van der Waals surface area contributed by atoms with Gasteiger partial charge in [-0.15, -0.1) is 0 Å². The van der Waals surface area contributed by atoms with Crippen molar-refractivity contribution in [3.63, 3.8) is 0 Å². The fourth-order valence-electron chi connectivity index (χ4n) is 1.76. The molecular formula is C14H11BrFNO4. The van der Waals surface area contributed by atoms with Crippen LogP contribution in [0, 0.1) is 15.9 Å². The third-order valence-electron chi connectivity index (χ3n) is 2.71. The molecule has 2 aromatic rings.